The zero-order valence-corrected chi connectivity index (χ0v) is 13.6. The number of aliphatic hydroxyl groups is 1. The molecule has 2 rings (SSSR count). The van der Waals surface area contributed by atoms with Crippen molar-refractivity contribution in [3.8, 4) is 10.6 Å². The number of carbonyl (C=O) groups is 1. The highest BCUT2D eigenvalue weighted by atomic mass is 32.1. The molecule has 0 saturated heterocycles. The molecule has 0 saturated carbocycles. The van der Waals surface area contributed by atoms with Gasteiger partial charge in [0.25, 0.3) is 5.91 Å². The summed E-state index contributed by atoms with van der Waals surface area (Å²) >= 11 is 1.47. The highest BCUT2D eigenvalue weighted by molar-refractivity contribution is 7.13. The molecule has 118 valence electrons. The SMILES string of the molecule is CCCC(CCO)CNC(=O)c1csc(-c2ccccc2)n1. The van der Waals surface area contributed by atoms with Gasteiger partial charge in [0, 0.05) is 24.1 Å². The van der Waals surface area contributed by atoms with Gasteiger partial charge in [0.1, 0.15) is 10.7 Å². The van der Waals surface area contributed by atoms with Crippen LogP contribution >= 0.6 is 11.3 Å². The van der Waals surface area contributed by atoms with E-state index in [4.69, 9.17) is 5.11 Å². The van der Waals surface area contributed by atoms with Crippen molar-refractivity contribution >= 4 is 17.2 Å². The normalized spacial score (nSPS) is 12.1. The van der Waals surface area contributed by atoms with Gasteiger partial charge in [-0.05, 0) is 18.8 Å². The molecule has 4 nitrogen and oxygen atoms in total. The van der Waals surface area contributed by atoms with Crippen LogP contribution in [0.25, 0.3) is 10.6 Å². The van der Waals surface area contributed by atoms with E-state index in [1.54, 1.807) is 5.38 Å². The Morgan fingerprint density at radius 1 is 1.32 bits per heavy atom. The van der Waals surface area contributed by atoms with Crippen molar-refractivity contribution in [1.29, 1.82) is 0 Å². The number of thiazole rings is 1. The third-order valence-corrected chi connectivity index (χ3v) is 4.43. The van der Waals surface area contributed by atoms with E-state index in [2.05, 4.69) is 17.2 Å². The van der Waals surface area contributed by atoms with E-state index in [1.807, 2.05) is 30.3 Å². The Labute approximate surface area is 135 Å². The molecule has 0 spiro atoms. The molecule has 2 aromatic rings. The molecule has 1 aromatic heterocycles. The van der Waals surface area contributed by atoms with Crippen LogP contribution in [0.4, 0.5) is 0 Å². The first-order valence-electron chi connectivity index (χ1n) is 7.64. The van der Waals surface area contributed by atoms with E-state index >= 15 is 0 Å². The summed E-state index contributed by atoms with van der Waals surface area (Å²) in [6.07, 6.45) is 2.78. The zero-order valence-electron chi connectivity index (χ0n) is 12.8. The lowest BCUT2D eigenvalue weighted by atomic mass is 10.0. The zero-order chi connectivity index (χ0) is 15.8. The smallest absolute Gasteiger partial charge is 0.270 e. The molecule has 1 amide bonds. The fraction of sp³-hybridized carbons (Fsp3) is 0.412. The summed E-state index contributed by atoms with van der Waals surface area (Å²) in [6, 6.07) is 9.85. The first-order valence-corrected chi connectivity index (χ1v) is 8.52. The van der Waals surface area contributed by atoms with Gasteiger partial charge in [-0.15, -0.1) is 11.3 Å². The van der Waals surface area contributed by atoms with Crippen molar-refractivity contribution in [2.75, 3.05) is 13.2 Å². The second-order valence-electron chi connectivity index (χ2n) is 5.28. The van der Waals surface area contributed by atoms with Gasteiger partial charge in [0.05, 0.1) is 0 Å². The molecule has 1 heterocycles. The minimum Gasteiger partial charge on any atom is -0.396 e. The Hall–Kier alpha value is -1.72. The summed E-state index contributed by atoms with van der Waals surface area (Å²) in [5, 5.41) is 14.6. The first kappa shape index (κ1) is 16.6. The van der Waals surface area contributed by atoms with Crippen molar-refractivity contribution < 1.29 is 9.90 Å². The molecule has 1 atom stereocenters. The number of hydrogen-bond acceptors (Lipinski definition) is 4. The molecular weight excluding hydrogens is 296 g/mol. The predicted molar refractivity (Wildman–Crippen MR) is 90.0 cm³/mol. The number of aromatic nitrogens is 1. The Balaban J connectivity index is 1.94. The van der Waals surface area contributed by atoms with E-state index in [-0.39, 0.29) is 12.5 Å². The number of hydrogen-bond donors (Lipinski definition) is 2. The minimum absolute atomic E-state index is 0.141. The van der Waals surface area contributed by atoms with Crippen LogP contribution in [-0.4, -0.2) is 29.1 Å². The highest BCUT2D eigenvalue weighted by Gasteiger charge is 2.14. The lowest BCUT2D eigenvalue weighted by Crippen LogP contribution is -2.30. The number of rotatable bonds is 8. The molecule has 22 heavy (non-hydrogen) atoms. The monoisotopic (exact) mass is 318 g/mol. The molecule has 0 fully saturated rings. The number of amides is 1. The largest absolute Gasteiger partial charge is 0.396 e. The van der Waals surface area contributed by atoms with E-state index in [1.165, 1.54) is 11.3 Å². The molecule has 0 aliphatic carbocycles. The average molecular weight is 318 g/mol. The maximum Gasteiger partial charge on any atom is 0.270 e. The maximum atomic E-state index is 12.2. The quantitative estimate of drug-likeness (QED) is 0.784. The van der Waals surface area contributed by atoms with Gasteiger partial charge in [-0.1, -0.05) is 43.7 Å². The lowest BCUT2D eigenvalue weighted by molar-refractivity contribution is 0.0938. The van der Waals surface area contributed by atoms with Crippen LogP contribution in [0.15, 0.2) is 35.7 Å². The van der Waals surface area contributed by atoms with Crippen LogP contribution in [0.1, 0.15) is 36.7 Å². The van der Waals surface area contributed by atoms with Gasteiger partial charge in [0.2, 0.25) is 0 Å². The first-order chi connectivity index (χ1) is 10.7. The van der Waals surface area contributed by atoms with Gasteiger partial charge in [-0.25, -0.2) is 4.98 Å². The van der Waals surface area contributed by atoms with Crippen LogP contribution in [0, 0.1) is 5.92 Å². The van der Waals surface area contributed by atoms with Crippen molar-refractivity contribution in [1.82, 2.24) is 10.3 Å². The van der Waals surface area contributed by atoms with Crippen LogP contribution in [0.3, 0.4) is 0 Å². The van der Waals surface area contributed by atoms with Crippen LogP contribution in [0.2, 0.25) is 0 Å². The van der Waals surface area contributed by atoms with Crippen LogP contribution < -0.4 is 5.32 Å². The summed E-state index contributed by atoms with van der Waals surface area (Å²) in [4.78, 5) is 16.6. The van der Waals surface area contributed by atoms with Gasteiger partial charge in [-0.2, -0.15) is 0 Å². The summed E-state index contributed by atoms with van der Waals surface area (Å²) in [6.45, 7) is 2.86. The topological polar surface area (TPSA) is 62.2 Å². The number of carbonyl (C=O) groups excluding carboxylic acids is 1. The van der Waals surface area contributed by atoms with Crippen LogP contribution in [-0.2, 0) is 0 Å². The Bertz CT molecular complexity index is 577. The van der Waals surface area contributed by atoms with Crippen molar-refractivity contribution in [3.63, 3.8) is 0 Å². The van der Waals surface area contributed by atoms with E-state index in [0.29, 0.717) is 18.2 Å². The van der Waals surface area contributed by atoms with E-state index < -0.39 is 0 Å². The standard InChI is InChI=1S/C17H22N2O2S/c1-2-6-13(9-10-20)11-18-16(21)15-12-22-17(19-15)14-7-4-3-5-8-14/h3-5,7-8,12-13,20H,2,6,9-11H2,1H3,(H,18,21). The highest BCUT2D eigenvalue weighted by Crippen LogP contribution is 2.23. The second-order valence-corrected chi connectivity index (χ2v) is 6.14. The molecule has 2 N–H and O–H groups in total. The summed E-state index contributed by atoms with van der Waals surface area (Å²) in [7, 11) is 0. The molecule has 1 aromatic carbocycles. The molecule has 0 aliphatic heterocycles. The summed E-state index contributed by atoms with van der Waals surface area (Å²) in [5.41, 5.74) is 1.48. The van der Waals surface area contributed by atoms with Crippen molar-refractivity contribution in [2.45, 2.75) is 26.2 Å². The maximum absolute atomic E-state index is 12.2. The minimum atomic E-state index is -0.141. The number of nitrogens with zero attached hydrogens (tertiary/aromatic N) is 1. The Morgan fingerprint density at radius 3 is 2.77 bits per heavy atom. The number of aliphatic hydroxyl groups excluding tert-OH is 1. The average Bonchev–Trinajstić information content (AvgIpc) is 3.04. The van der Waals surface area contributed by atoms with E-state index in [0.717, 1.165) is 29.8 Å². The molecule has 5 heteroatoms. The summed E-state index contributed by atoms with van der Waals surface area (Å²) in [5.74, 6) is 0.184. The van der Waals surface area contributed by atoms with Gasteiger partial charge in [0.15, 0.2) is 0 Å². The Kier molecular flexibility index (Phi) is 6.55. The van der Waals surface area contributed by atoms with Crippen molar-refractivity contribution in [2.24, 2.45) is 5.92 Å². The molecule has 0 bridgehead atoms. The van der Waals surface area contributed by atoms with Crippen molar-refractivity contribution in [3.05, 3.63) is 41.4 Å². The number of benzene rings is 1. The number of nitrogens with one attached hydrogen (secondary N) is 1. The second kappa shape index (κ2) is 8.66. The third kappa shape index (κ3) is 4.64. The molecule has 0 aliphatic rings. The fourth-order valence-corrected chi connectivity index (χ4v) is 3.16. The third-order valence-electron chi connectivity index (χ3n) is 3.54. The summed E-state index contributed by atoms with van der Waals surface area (Å²) < 4.78 is 0. The fourth-order valence-electron chi connectivity index (χ4n) is 2.36. The van der Waals surface area contributed by atoms with Gasteiger partial charge < -0.3 is 10.4 Å². The van der Waals surface area contributed by atoms with Gasteiger partial charge in [-0.3, -0.25) is 4.79 Å². The molecular formula is C17H22N2O2S. The Morgan fingerprint density at radius 2 is 2.09 bits per heavy atom. The molecule has 1 unspecified atom stereocenters. The van der Waals surface area contributed by atoms with E-state index in [9.17, 15) is 4.79 Å². The molecule has 0 radical (unpaired) electrons. The lowest BCUT2D eigenvalue weighted by Gasteiger charge is -2.15. The van der Waals surface area contributed by atoms with Crippen LogP contribution in [0.5, 0.6) is 0 Å². The van der Waals surface area contributed by atoms with Gasteiger partial charge >= 0.3 is 0 Å². The predicted octanol–water partition coefficient (Wildman–Crippen LogP) is 3.34.